The van der Waals surface area contributed by atoms with Crippen molar-refractivity contribution in [2.75, 3.05) is 13.2 Å². The first-order valence-electron chi connectivity index (χ1n) is 10.1. The van der Waals surface area contributed by atoms with Crippen molar-refractivity contribution in [3.8, 4) is 0 Å². The molecule has 1 unspecified atom stereocenters. The number of hydrogen-bond acceptors (Lipinski definition) is 14. The molecule has 0 aromatic rings. The van der Waals surface area contributed by atoms with E-state index in [1.54, 1.807) is 6.92 Å². The van der Waals surface area contributed by atoms with Crippen molar-refractivity contribution in [2.45, 2.75) is 81.2 Å². The van der Waals surface area contributed by atoms with Crippen LogP contribution in [0, 0.1) is 5.92 Å². The van der Waals surface area contributed by atoms with E-state index in [1.165, 1.54) is 0 Å². The normalized spacial score (nSPS) is 41.0. The molecule has 32 heavy (non-hydrogen) atoms. The number of carbonyl (C=O) groups is 2. The first kappa shape index (κ1) is 26.8. The van der Waals surface area contributed by atoms with Crippen LogP contribution in [0.3, 0.4) is 0 Å². The summed E-state index contributed by atoms with van der Waals surface area (Å²) in [4.78, 5) is 24.7. The summed E-state index contributed by atoms with van der Waals surface area (Å²) in [7, 11) is 0. The molecule has 8 N–H and O–H groups in total. The van der Waals surface area contributed by atoms with Gasteiger partial charge in [-0.25, -0.2) is 0 Å². The summed E-state index contributed by atoms with van der Waals surface area (Å²) in [5.74, 6) is -3.16. The lowest BCUT2D eigenvalue weighted by molar-refractivity contribution is -0.295. The van der Waals surface area contributed by atoms with E-state index in [0.717, 1.165) is 0 Å². The molecule has 0 aromatic heterocycles. The highest BCUT2D eigenvalue weighted by Crippen LogP contribution is 2.25. The number of esters is 2. The van der Waals surface area contributed by atoms with Gasteiger partial charge in [0.1, 0.15) is 48.8 Å². The maximum Gasteiger partial charge on any atom is 0.311 e. The molecule has 0 aromatic carbocycles. The summed E-state index contributed by atoms with van der Waals surface area (Å²) in [5.41, 5.74) is 0. The van der Waals surface area contributed by atoms with Crippen molar-refractivity contribution in [3.63, 3.8) is 0 Å². The minimum atomic E-state index is -1.81. The maximum atomic E-state index is 12.4. The van der Waals surface area contributed by atoms with Gasteiger partial charge in [0, 0.05) is 0 Å². The van der Waals surface area contributed by atoms with Crippen molar-refractivity contribution in [2.24, 2.45) is 5.92 Å². The Bertz CT molecular complexity index is 627. The fourth-order valence-corrected chi connectivity index (χ4v) is 3.31. The molecule has 186 valence electrons. The minimum Gasteiger partial charge on any atom is -0.433 e. The number of rotatable bonds is 8. The lowest BCUT2D eigenvalue weighted by Crippen LogP contribution is -2.59. The van der Waals surface area contributed by atoms with Crippen LogP contribution in [-0.4, -0.2) is 127 Å². The van der Waals surface area contributed by atoms with Gasteiger partial charge in [-0.05, 0) is 6.42 Å². The molecule has 14 heteroatoms. The Morgan fingerprint density at radius 2 is 1.19 bits per heavy atom. The summed E-state index contributed by atoms with van der Waals surface area (Å²) < 4.78 is 20.1. The lowest BCUT2D eigenvalue weighted by Gasteiger charge is -2.39. The summed E-state index contributed by atoms with van der Waals surface area (Å²) in [6.07, 6.45) is -16.9. The number of aliphatic hydroxyl groups excluding tert-OH is 8. The first-order valence-corrected chi connectivity index (χ1v) is 10.1. The maximum absolute atomic E-state index is 12.4. The highest BCUT2D eigenvalue weighted by molar-refractivity contribution is 5.80. The van der Waals surface area contributed by atoms with Crippen LogP contribution in [0.25, 0.3) is 0 Å². The monoisotopic (exact) mass is 470 g/mol. The zero-order valence-electron chi connectivity index (χ0n) is 17.2. The van der Waals surface area contributed by atoms with Crippen molar-refractivity contribution in [3.05, 3.63) is 0 Å². The van der Waals surface area contributed by atoms with Gasteiger partial charge in [0.2, 0.25) is 12.6 Å². The highest BCUT2D eigenvalue weighted by Gasteiger charge is 2.47. The smallest absolute Gasteiger partial charge is 0.311 e. The molecule has 2 aliphatic heterocycles. The van der Waals surface area contributed by atoms with Crippen LogP contribution in [0.1, 0.15) is 19.8 Å². The Labute approximate surface area is 182 Å². The largest absolute Gasteiger partial charge is 0.433 e. The molecule has 11 atom stereocenters. The van der Waals surface area contributed by atoms with Gasteiger partial charge in [-0.3, -0.25) is 9.59 Å². The van der Waals surface area contributed by atoms with Crippen LogP contribution in [-0.2, 0) is 28.5 Å². The summed E-state index contributed by atoms with van der Waals surface area (Å²) in [6.45, 7) is 0.101. The lowest BCUT2D eigenvalue weighted by atomic mass is 9.98. The zero-order chi connectivity index (χ0) is 24.2. The first-order chi connectivity index (χ1) is 15.0. The van der Waals surface area contributed by atoms with E-state index >= 15 is 0 Å². The molecule has 0 radical (unpaired) electrons. The van der Waals surface area contributed by atoms with Gasteiger partial charge in [0.15, 0.2) is 0 Å². The third-order valence-corrected chi connectivity index (χ3v) is 5.42. The SMILES string of the molecule is CCC(CC(=O)O[C@@H]1O[C@H](CO)[C@@H](O)[C@H](O)[C@H]1O)C(=O)O[C@@H]1O[C@H](CO)[C@@H](O)[C@H](O)[C@H]1O. The van der Waals surface area contributed by atoms with Gasteiger partial charge in [0.05, 0.1) is 25.6 Å². The molecular formula is C18H30O14. The van der Waals surface area contributed by atoms with E-state index in [0.29, 0.717) is 0 Å². The van der Waals surface area contributed by atoms with Crippen LogP contribution < -0.4 is 0 Å². The molecule has 0 spiro atoms. The predicted molar refractivity (Wildman–Crippen MR) is 98.1 cm³/mol. The second-order valence-electron chi connectivity index (χ2n) is 7.63. The molecule has 0 amide bonds. The van der Waals surface area contributed by atoms with Crippen LogP contribution >= 0.6 is 0 Å². The topological polar surface area (TPSA) is 233 Å². The Morgan fingerprint density at radius 3 is 1.59 bits per heavy atom. The Kier molecular flexibility index (Phi) is 9.71. The predicted octanol–water partition coefficient (Wildman–Crippen LogP) is -4.91. The molecular weight excluding hydrogens is 440 g/mol. The second-order valence-corrected chi connectivity index (χ2v) is 7.63. The van der Waals surface area contributed by atoms with Gasteiger partial charge >= 0.3 is 11.9 Å². The summed E-state index contributed by atoms with van der Waals surface area (Å²) in [5, 5.41) is 77.2. The molecule has 0 saturated carbocycles. The zero-order valence-corrected chi connectivity index (χ0v) is 17.2. The van der Waals surface area contributed by atoms with Crippen LogP contribution in [0.4, 0.5) is 0 Å². The average molecular weight is 470 g/mol. The van der Waals surface area contributed by atoms with Crippen LogP contribution in [0.5, 0.6) is 0 Å². The Hall–Kier alpha value is -1.46. The molecule has 2 rings (SSSR count). The summed E-state index contributed by atoms with van der Waals surface area (Å²) in [6, 6.07) is 0. The molecule has 0 bridgehead atoms. The molecule has 2 saturated heterocycles. The number of hydrogen-bond donors (Lipinski definition) is 8. The van der Waals surface area contributed by atoms with E-state index in [1.807, 2.05) is 0 Å². The molecule has 0 aliphatic carbocycles. The van der Waals surface area contributed by atoms with E-state index in [9.17, 15) is 45.3 Å². The fourth-order valence-electron chi connectivity index (χ4n) is 3.31. The second kappa shape index (κ2) is 11.6. The minimum absolute atomic E-state index is 0.0695. The average Bonchev–Trinajstić information content (AvgIpc) is 2.77. The van der Waals surface area contributed by atoms with Gasteiger partial charge in [0.25, 0.3) is 0 Å². The van der Waals surface area contributed by atoms with E-state index in [2.05, 4.69) is 0 Å². The third-order valence-electron chi connectivity index (χ3n) is 5.42. The van der Waals surface area contributed by atoms with E-state index < -0.39 is 98.9 Å². The molecule has 2 aliphatic rings. The van der Waals surface area contributed by atoms with Crippen molar-refractivity contribution >= 4 is 11.9 Å². The van der Waals surface area contributed by atoms with Gasteiger partial charge in [-0.15, -0.1) is 0 Å². The van der Waals surface area contributed by atoms with Gasteiger partial charge in [-0.2, -0.15) is 0 Å². The van der Waals surface area contributed by atoms with Crippen LogP contribution in [0.2, 0.25) is 0 Å². The Morgan fingerprint density at radius 1 is 0.750 bits per heavy atom. The third kappa shape index (κ3) is 5.91. The van der Waals surface area contributed by atoms with Gasteiger partial charge in [-0.1, -0.05) is 6.92 Å². The molecule has 2 heterocycles. The summed E-state index contributed by atoms with van der Waals surface area (Å²) >= 11 is 0. The number of aliphatic hydroxyl groups is 8. The van der Waals surface area contributed by atoms with E-state index in [4.69, 9.17) is 24.1 Å². The molecule has 14 nitrogen and oxygen atoms in total. The van der Waals surface area contributed by atoms with Crippen LogP contribution in [0.15, 0.2) is 0 Å². The fraction of sp³-hybridized carbons (Fsp3) is 0.889. The Balaban J connectivity index is 1.96. The number of ether oxygens (including phenoxy) is 4. The quantitative estimate of drug-likeness (QED) is 0.155. The highest BCUT2D eigenvalue weighted by atomic mass is 16.7. The molecule has 2 fully saturated rings. The van der Waals surface area contributed by atoms with Crippen molar-refractivity contribution in [1.29, 1.82) is 0 Å². The van der Waals surface area contributed by atoms with Crippen molar-refractivity contribution in [1.82, 2.24) is 0 Å². The standard InChI is InChI=1S/C18H30O14/c1-2-6(16(28)32-18-15(27)13(25)11(23)8(5-20)30-18)3-9(21)31-17-14(26)12(24)10(22)7(4-19)29-17/h6-8,10-15,17-20,22-27H,2-5H2,1H3/t6?,7-,8-,10-,11-,12+,13+,14-,15-,17+,18+/m1/s1. The van der Waals surface area contributed by atoms with E-state index in [-0.39, 0.29) is 6.42 Å². The van der Waals surface area contributed by atoms with Crippen molar-refractivity contribution < 1.29 is 69.4 Å². The number of carbonyl (C=O) groups excluding carboxylic acids is 2. The van der Waals surface area contributed by atoms with Gasteiger partial charge < -0.3 is 59.8 Å².